The molecule has 0 aromatic carbocycles. The highest BCUT2D eigenvalue weighted by molar-refractivity contribution is 5.45. The second-order valence-corrected chi connectivity index (χ2v) is 6.24. The van der Waals surface area contributed by atoms with Gasteiger partial charge in [0.15, 0.2) is 0 Å². The maximum atomic E-state index is 14.2. The summed E-state index contributed by atoms with van der Waals surface area (Å²) in [5, 5.41) is 8.01. The smallest absolute Gasteiger partial charge is 0.219 e. The van der Waals surface area contributed by atoms with Gasteiger partial charge in [0.05, 0.1) is 12.2 Å². The molecular weight excluding hydrogens is 269 g/mol. The fourth-order valence-electron chi connectivity index (χ4n) is 2.92. The first kappa shape index (κ1) is 12.7. The molecule has 3 heterocycles. The van der Waals surface area contributed by atoms with Crippen molar-refractivity contribution >= 4 is 5.82 Å². The van der Waals surface area contributed by atoms with Crippen LogP contribution in [0.5, 0.6) is 0 Å². The van der Waals surface area contributed by atoms with Crippen molar-refractivity contribution in [2.45, 2.75) is 32.7 Å². The Labute approximate surface area is 122 Å². The van der Waals surface area contributed by atoms with Crippen molar-refractivity contribution in [3.8, 4) is 0 Å². The van der Waals surface area contributed by atoms with Crippen LogP contribution in [-0.2, 0) is 13.0 Å². The van der Waals surface area contributed by atoms with E-state index in [4.69, 9.17) is 0 Å². The molecule has 4 rings (SSSR count). The quantitative estimate of drug-likeness (QED) is 0.807. The molecule has 1 spiro atoms. The summed E-state index contributed by atoms with van der Waals surface area (Å²) in [6.07, 6.45) is 5.31. The van der Waals surface area contributed by atoms with Crippen molar-refractivity contribution in [3.05, 3.63) is 35.5 Å². The zero-order valence-corrected chi connectivity index (χ0v) is 12.1. The fourth-order valence-corrected chi connectivity index (χ4v) is 2.92. The first-order chi connectivity index (χ1) is 10.2. The SMILES string of the molecule is CCc1cn(Cc2ccc(N3CC4(CC4)C3)nc2F)nn1. The van der Waals surface area contributed by atoms with E-state index >= 15 is 0 Å². The average molecular weight is 287 g/mol. The maximum absolute atomic E-state index is 14.2. The molecule has 2 fully saturated rings. The summed E-state index contributed by atoms with van der Waals surface area (Å²) in [7, 11) is 0. The van der Waals surface area contributed by atoms with Gasteiger partial charge in [-0.1, -0.05) is 12.1 Å². The topological polar surface area (TPSA) is 46.8 Å². The Kier molecular flexibility index (Phi) is 2.74. The molecule has 5 nitrogen and oxygen atoms in total. The molecule has 1 saturated heterocycles. The lowest BCUT2D eigenvalue weighted by Crippen LogP contribution is -2.48. The van der Waals surface area contributed by atoms with Gasteiger partial charge >= 0.3 is 0 Å². The minimum absolute atomic E-state index is 0.371. The standard InChI is InChI=1S/C15H18FN5/c1-2-12-8-21(19-18-12)7-11-3-4-13(17-14(11)16)20-9-15(10-20)5-6-15/h3-4,8H,2,5-7,9-10H2,1H3. The van der Waals surface area contributed by atoms with Gasteiger partial charge in [-0.15, -0.1) is 5.10 Å². The van der Waals surface area contributed by atoms with Crippen molar-refractivity contribution < 1.29 is 4.39 Å². The van der Waals surface area contributed by atoms with Gasteiger partial charge in [0.25, 0.3) is 0 Å². The lowest BCUT2D eigenvalue weighted by Gasteiger charge is -2.40. The van der Waals surface area contributed by atoms with Crippen LogP contribution in [0.2, 0.25) is 0 Å². The zero-order chi connectivity index (χ0) is 14.4. The van der Waals surface area contributed by atoms with Crippen molar-refractivity contribution in [2.75, 3.05) is 18.0 Å². The zero-order valence-electron chi connectivity index (χ0n) is 12.1. The van der Waals surface area contributed by atoms with Gasteiger partial charge in [0, 0.05) is 30.3 Å². The second-order valence-electron chi connectivity index (χ2n) is 6.24. The van der Waals surface area contributed by atoms with E-state index in [1.165, 1.54) is 12.8 Å². The maximum Gasteiger partial charge on any atom is 0.219 e. The van der Waals surface area contributed by atoms with Crippen LogP contribution < -0.4 is 4.90 Å². The van der Waals surface area contributed by atoms with E-state index < -0.39 is 5.95 Å². The molecule has 0 bridgehead atoms. The summed E-state index contributed by atoms with van der Waals surface area (Å²) < 4.78 is 15.8. The molecule has 1 aliphatic heterocycles. The monoisotopic (exact) mass is 287 g/mol. The highest BCUT2D eigenvalue weighted by atomic mass is 19.1. The Balaban J connectivity index is 1.48. The van der Waals surface area contributed by atoms with Crippen LogP contribution in [0.25, 0.3) is 0 Å². The molecule has 0 atom stereocenters. The Bertz CT molecular complexity index is 668. The molecule has 21 heavy (non-hydrogen) atoms. The molecule has 1 aliphatic carbocycles. The normalized spacial score (nSPS) is 18.9. The Hall–Kier alpha value is -1.98. The van der Waals surface area contributed by atoms with Crippen LogP contribution in [0.1, 0.15) is 31.0 Å². The number of anilines is 1. The van der Waals surface area contributed by atoms with E-state index in [0.29, 0.717) is 17.5 Å². The van der Waals surface area contributed by atoms with Crippen LogP contribution in [0.15, 0.2) is 18.3 Å². The predicted octanol–water partition coefficient (Wildman–Crippen LogP) is 2.02. The van der Waals surface area contributed by atoms with E-state index in [1.54, 1.807) is 4.68 Å². The van der Waals surface area contributed by atoms with E-state index in [0.717, 1.165) is 31.0 Å². The molecular formula is C15H18FN5. The number of pyridine rings is 1. The minimum Gasteiger partial charge on any atom is -0.355 e. The number of nitrogens with zero attached hydrogens (tertiary/aromatic N) is 5. The summed E-state index contributed by atoms with van der Waals surface area (Å²) in [5.74, 6) is 0.347. The minimum atomic E-state index is -0.405. The van der Waals surface area contributed by atoms with Gasteiger partial charge in [-0.2, -0.15) is 4.39 Å². The summed E-state index contributed by atoms with van der Waals surface area (Å²) in [5.41, 5.74) is 2.01. The molecule has 0 N–H and O–H groups in total. The van der Waals surface area contributed by atoms with E-state index in [2.05, 4.69) is 20.2 Å². The van der Waals surface area contributed by atoms with Gasteiger partial charge in [-0.25, -0.2) is 9.67 Å². The molecule has 2 aliphatic rings. The number of halogens is 1. The number of rotatable bonds is 4. The lowest BCUT2D eigenvalue weighted by atomic mass is 9.97. The van der Waals surface area contributed by atoms with Crippen molar-refractivity contribution in [2.24, 2.45) is 5.41 Å². The summed E-state index contributed by atoms with van der Waals surface area (Å²) in [4.78, 5) is 6.27. The second kappa shape index (κ2) is 4.51. The average Bonchev–Trinajstić information content (AvgIpc) is 3.13. The summed E-state index contributed by atoms with van der Waals surface area (Å²) in [6, 6.07) is 3.72. The third-order valence-corrected chi connectivity index (χ3v) is 4.53. The van der Waals surface area contributed by atoms with E-state index in [1.807, 2.05) is 25.3 Å². The van der Waals surface area contributed by atoms with E-state index in [-0.39, 0.29) is 0 Å². The highest BCUT2D eigenvalue weighted by Gasteiger charge is 2.52. The van der Waals surface area contributed by atoms with Crippen LogP contribution in [0, 0.1) is 11.4 Å². The number of aromatic nitrogens is 4. The largest absolute Gasteiger partial charge is 0.355 e. The van der Waals surface area contributed by atoms with Crippen molar-refractivity contribution in [1.29, 1.82) is 0 Å². The lowest BCUT2D eigenvalue weighted by molar-refractivity contribution is 0.382. The van der Waals surface area contributed by atoms with Crippen LogP contribution >= 0.6 is 0 Å². The molecule has 0 radical (unpaired) electrons. The third-order valence-electron chi connectivity index (χ3n) is 4.53. The summed E-state index contributed by atoms with van der Waals surface area (Å²) >= 11 is 0. The fraction of sp³-hybridized carbons (Fsp3) is 0.533. The van der Waals surface area contributed by atoms with Crippen LogP contribution in [0.4, 0.5) is 10.2 Å². The summed E-state index contributed by atoms with van der Waals surface area (Å²) in [6.45, 7) is 4.45. The van der Waals surface area contributed by atoms with Crippen LogP contribution in [0.3, 0.4) is 0 Å². The van der Waals surface area contributed by atoms with Gasteiger partial charge < -0.3 is 4.90 Å². The molecule has 2 aromatic rings. The Morgan fingerprint density at radius 2 is 2.10 bits per heavy atom. The molecule has 0 amide bonds. The predicted molar refractivity (Wildman–Crippen MR) is 76.6 cm³/mol. The first-order valence-corrected chi connectivity index (χ1v) is 7.47. The number of aryl methyl sites for hydroxylation is 1. The Morgan fingerprint density at radius 1 is 1.29 bits per heavy atom. The number of hydrogen-bond acceptors (Lipinski definition) is 4. The molecule has 6 heteroatoms. The Morgan fingerprint density at radius 3 is 2.71 bits per heavy atom. The van der Waals surface area contributed by atoms with Crippen LogP contribution in [-0.4, -0.2) is 33.1 Å². The molecule has 110 valence electrons. The molecule has 1 saturated carbocycles. The molecule has 0 unspecified atom stereocenters. The molecule has 2 aromatic heterocycles. The highest BCUT2D eigenvalue weighted by Crippen LogP contribution is 2.53. The van der Waals surface area contributed by atoms with Crippen molar-refractivity contribution in [1.82, 2.24) is 20.0 Å². The number of hydrogen-bond donors (Lipinski definition) is 0. The van der Waals surface area contributed by atoms with Gasteiger partial charge in [0.2, 0.25) is 5.95 Å². The van der Waals surface area contributed by atoms with Gasteiger partial charge in [-0.05, 0) is 31.4 Å². The van der Waals surface area contributed by atoms with Crippen molar-refractivity contribution in [3.63, 3.8) is 0 Å². The van der Waals surface area contributed by atoms with Gasteiger partial charge in [0.1, 0.15) is 5.82 Å². The third kappa shape index (κ3) is 2.28. The van der Waals surface area contributed by atoms with E-state index in [9.17, 15) is 4.39 Å². The van der Waals surface area contributed by atoms with Gasteiger partial charge in [-0.3, -0.25) is 0 Å². The first-order valence-electron chi connectivity index (χ1n) is 7.47.